The maximum absolute atomic E-state index is 12.3. The van der Waals surface area contributed by atoms with Gasteiger partial charge in [-0.05, 0) is 80.6 Å². The van der Waals surface area contributed by atoms with Crippen LogP contribution in [0.15, 0.2) is 11.6 Å². The molecule has 7 atom stereocenters. The standard InChI is InChI=1S/C26H38O6/c1-5-16(2)23(28)30-15-31-24(29)32-22-9-8-20-19-7-6-17-14-18(27)10-12-25(17,3)21(19)11-13-26(20,22)4/h14,16,19-22H,5-13,15H2,1-4H3/t16?,19-,20-,21-,22-,25-,26-/m0/s1. The fourth-order valence-corrected chi connectivity index (χ4v) is 7.30. The molecule has 0 saturated heterocycles. The van der Waals surface area contributed by atoms with Crippen LogP contribution in [0.5, 0.6) is 0 Å². The molecule has 4 rings (SSSR count). The maximum Gasteiger partial charge on any atom is 0.511 e. The molecule has 0 aromatic heterocycles. The van der Waals surface area contributed by atoms with E-state index < -0.39 is 12.9 Å². The van der Waals surface area contributed by atoms with E-state index >= 15 is 0 Å². The Bertz CT molecular complexity index is 802. The molecule has 0 bridgehead atoms. The van der Waals surface area contributed by atoms with E-state index in [1.54, 1.807) is 6.92 Å². The van der Waals surface area contributed by atoms with Gasteiger partial charge in [-0.25, -0.2) is 4.79 Å². The molecule has 6 heteroatoms. The lowest BCUT2D eigenvalue weighted by Gasteiger charge is -2.57. The molecular formula is C26H38O6. The number of esters is 1. The van der Waals surface area contributed by atoms with Crippen LogP contribution in [-0.2, 0) is 23.8 Å². The Morgan fingerprint density at radius 1 is 1.06 bits per heavy atom. The minimum absolute atomic E-state index is 0.0460. The number of ketones is 1. The van der Waals surface area contributed by atoms with E-state index in [2.05, 4.69) is 13.8 Å². The van der Waals surface area contributed by atoms with Crippen molar-refractivity contribution in [2.45, 2.75) is 91.6 Å². The predicted molar refractivity (Wildman–Crippen MR) is 118 cm³/mol. The van der Waals surface area contributed by atoms with E-state index in [1.165, 1.54) is 5.57 Å². The Morgan fingerprint density at radius 3 is 2.59 bits per heavy atom. The number of rotatable bonds is 5. The van der Waals surface area contributed by atoms with Gasteiger partial charge >= 0.3 is 12.1 Å². The number of ether oxygens (including phenoxy) is 3. The zero-order valence-corrected chi connectivity index (χ0v) is 20.0. The third-order valence-corrected chi connectivity index (χ3v) is 9.51. The summed E-state index contributed by atoms with van der Waals surface area (Å²) < 4.78 is 15.8. The van der Waals surface area contributed by atoms with Gasteiger partial charge < -0.3 is 14.2 Å². The fourth-order valence-electron chi connectivity index (χ4n) is 7.30. The van der Waals surface area contributed by atoms with Gasteiger partial charge in [0.2, 0.25) is 6.79 Å². The minimum atomic E-state index is -0.748. The first kappa shape index (κ1) is 23.3. The highest BCUT2D eigenvalue weighted by Gasteiger charge is 2.60. The van der Waals surface area contributed by atoms with Crippen molar-refractivity contribution in [2.75, 3.05) is 6.79 Å². The highest BCUT2D eigenvalue weighted by molar-refractivity contribution is 5.91. The third kappa shape index (κ3) is 3.99. The van der Waals surface area contributed by atoms with Crippen LogP contribution < -0.4 is 0 Å². The topological polar surface area (TPSA) is 78.9 Å². The Balaban J connectivity index is 1.37. The lowest BCUT2D eigenvalue weighted by atomic mass is 9.47. The van der Waals surface area contributed by atoms with Crippen molar-refractivity contribution in [2.24, 2.45) is 34.5 Å². The molecule has 4 aliphatic rings. The first-order chi connectivity index (χ1) is 15.2. The molecule has 1 unspecified atom stereocenters. The van der Waals surface area contributed by atoms with Gasteiger partial charge in [0.1, 0.15) is 6.10 Å². The predicted octanol–water partition coefficient (Wildman–Crippen LogP) is 5.59. The molecule has 0 aliphatic heterocycles. The van der Waals surface area contributed by atoms with Crippen molar-refractivity contribution >= 4 is 17.9 Å². The van der Waals surface area contributed by atoms with Crippen LogP contribution in [0.3, 0.4) is 0 Å². The Hall–Kier alpha value is -1.85. The van der Waals surface area contributed by atoms with E-state index in [4.69, 9.17) is 14.2 Å². The zero-order chi connectivity index (χ0) is 23.1. The van der Waals surface area contributed by atoms with Gasteiger partial charge in [-0.15, -0.1) is 0 Å². The summed E-state index contributed by atoms with van der Waals surface area (Å²) in [5.74, 6) is 1.46. The van der Waals surface area contributed by atoms with Crippen molar-refractivity contribution in [3.63, 3.8) is 0 Å². The van der Waals surface area contributed by atoms with Crippen LogP contribution in [-0.4, -0.2) is 30.8 Å². The number of hydrogen-bond donors (Lipinski definition) is 0. The number of allylic oxidation sites excluding steroid dienone is 1. The average Bonchev–Trinajstić information content (AvgIpc) is 3.09. The summed E-state index contributed by atoms with van der Waals surface area (Å²) in [7, 11) is 0. The largest absolute Gasteiger partial charge is 0.511 e. The zero-order valence-electron chi connectivity index (χ0n) is 20.0. The molecule has 3 saturated carbocycles. The van der Waals surface area contributed by atoms with Crippen molar-refractivity contribution in [1.82, 2.24) is 0 Å². The molecule has 0 heterocycles. The molecule has 3 fully saturated rings. The molecular weight excluding hydrogens is 408 g/mol. The summed E-state index contributed by atoms with van der Waals surface area (Å²) in [5.41, 5.74) is 1.48. The second-order valence-corrected chi connectivity index (χ2v) is 11.0. The van der Waals surface area contributed by atoms with Crippen LogP contribution in [0, 0.1) is 34.5 Å². The number of carbonyl (C=O) groups is 3. The van der Waals surface area contributed by atoms with Crippen molar-refractivity contribution in [3.8, 4) is 0 Å². The Morgan fingerprint density at radius 2 is 1.84 bits per heavy atom. The maximum atomic E-state index is 12.3. The number of fused-ring (bicyclic) bond motifs is 5. The van der Waals surface area contributed by atoms with E-state index in [9.17, 15) is 14.4 Å². The summed E-state index contributed by atoms with van der Waals surface area (Å²) in [6, 6.07) is 0. The van der Waals surface area contributed by atoms with Gasteiger partial charge in [0, 0.05) is 11.8 Å². The normalized spacial score (nSPS) is 39.1. The molecule has 178 valence electrons. The summed E-state index contributed by atoms with van der Waals surface area (Å²) in [6.07, 6.45) is 9.56. The fraction of sp³-hybridized carbons (Fsp3) is 0.808. The average molecular weight is 447 g/mol. The summed E-state index contributed by atoms with van der Waals surface area (Å²) in [4.78, 5) is 36.1. The lowest BCUT2D eigenvalue weighted by Crippen LogP contribution is -2.51. The highest BCUT2D eigenvalue weighted by atomic mass is 16.8. The number of carbonyl (C=O) groups excluding carboxylic acids is 3. The van der Waals surface area contributed by atoms with Crippen LogP contribution >= 0.6 is 0 Å². The molecule has 0 aromatic rings. The summed E-state index contributed by atoms with van der Waals surface area (Å²) >= 11 is 0. The van der Waals surface area contributed by atoms with E-state index in [-0.39, 0.29) is 28.8 Å². The third-order valence-electron chi connectivity index (χ3n) is 9.51. The van der Waals surface area contributed by atoms with Crippen LogP contribution in [0.25, 0.3) is 0 Å². The Kier molecular flexibility index (Phi) is 6.43. The monoisotopic (exact) mass is 446 g/mol. The minimum Gasteiger partial charge on any atom is -0.430 e. The molecule has 0 amide bonds. The second-order valence-electron chi connectivity index (χ2n) is 11.0. The van der Waals surface area contributed by atoms with Crippen LogP contribution in [0.4, 0.5) is 4.79 Å². The van der Waals surface area contributed by atoms with Crippen molar-refractivity contribution in [1.29, 1.82) is 0 Å². The first-order valence-corrected chi connectivity index (χ1v) is 12.4. The summed E-state index contributed by atoms with van der Waals surface area (Å²) in [6.45, 7) is 7.95. The van der Waals surface area contributed by atoms with Crippen LogP contribution in [0.1, 0.15) is 85.5 Å². The Labute approximate surface area is 191 Å². The molecule has 6 nitrogen and oxygen atoms in total. The SMILES string of the molecule is CCC(C)C(=O)OCOC(=O)O[C@H]1CC[C@H]2[C@@H]3CCC4=CC(=O)CC[C@]4(C)[C@H]3CC[C@]12C. The first-order valence-electron chi connectivity index (χ1n) is 12.4. The van der Waals surface area contributed by atoms with Crippen molar-refractivity contribution in [3.05, 3.63) is 11.6 Å². The van der Waals surface area contributed by atoms with E-state index in [0.717, 1.165) is 44.9 Å². The van der Waals surface area contributed by atoms with Gasteiger partial charge in [-0.1, -0.05) is 33.3 Å². The van der Waals surface area contributed by atoms with Gasteiger partial charge in [0.25, 0.3) is 0 Å². The van der Waals surface area contributed by atoms with Gasteiger partial charge in [-0.2, -0.15) is 0 Å². The molecule has 4 aliphatic carbocycles. The number of hydrogen-bond acceptors (Lipinski definition) is 6. The molecule has 32 heavy (non-hydrogen) atoms. The van der Waals surface area contributed by atoms with Crippen molar-refractivity contribution < 1.29 is 28.6 Å². The molecule has 0 spiro atoms. The highest BCUT2D eigenvalue weighted by Crippen LogP contribution is 2.65. The summed E-state index contributed by atoms with van der Waals surface area (Å²) in [5, 5.41) is 0. The quantitative estimate of drug-likeness (QED) is 0.405. The lowest BCUT2D eigenvalue weighted by molar-refractivity contribution is -0.159. The van der Waals surface area contributed by atoms with Gasteiger partial charge in [0.05, 0.1) is 5.92 Å². The van der Waals surface area contributed by atoms with Gasteiger partial charge in [0.15, 0.2) is 5.78 Å². The van der Waals surface area contributed by atoms with E-state index in [1.807, 2.05) is 13.0 Å². The van der Waals surface area contributed by atoms with E-state index in [0.29, 0.717) is 36.4 Å². The van der Waals surface area contributed by atoms with Crippen LogP contribution in [0.2, 0.25) is 0 Å². The second kappa shape index (κ2) is 8.83. The smallest absolute Gasteiger partial charge is 0.430 e. The molecule has 0 radical (unpaired) electrons. The molecule has 0 N–H and O–H groups in total. The molecule has 0 aromatic carbocycles. The van der Waals surface area contributed by atoms with Gasteiger partial charge in [-0.3, -0.25) is 9.59 Å².